The van der Waals surface area contributed by atoms with Gasteiger partial charge >= 0.3 is 6.61 Å². The number of rotatable bonds is 7. The number of nitrogens with one attached hydrogen (secondary N) is 2. The molecule has 1 heterocycles. The molecule has 0 spiro atoms. The lowest BCUT2D eigenvalue weighted by molar-refractivity contribution is -0.122. The van der Waals surface area contributed by atoms with Gasteiger partial charge in [-0.1, -0.05) is 18.5 Å². The summed E-state index contributed by atoms with van der Waals surface area (Å²) in [7, 11) is 1.50. The van der Waals surface area contributed by atoms with Crippen LogP contribution < -0.4 is 20.1 Å². The van der Waals surface area contributed by atoms with Gasteiger partial charge in [-0.2, -0.15) is 8.78 Å². The monoisotopic (exact) mass is 449 g/mol. The zero-order chi connectivity index (χ0) is 21.7. The standard InChI is InChI=1S/C18H19Cl2F2N3O4/c1-4-10(19)14(11(20)7-23-3)25-17(27)9-5-6-12(29-18(21)22)15-13(9)24-16(26)8(2)28-15/h5-8,10,18H,4H2,1-3H3,(H,24,26)(H,25,27)/b14-11-,23-7?/t8?,10-/m1/s1. The van der Waals surface area contributed by atoms with Gasteiger partial charge in [0.1, 0.15) is 5.69 Å². The Balaban J connectivity index is 2.48. The SMILES string of the molecule is CC[C@@H](Cl)/C(NC(=O)c1ccc(OC(F)F)c2c1NC(=O)C(C)O2)=C(/Cl)C=NC. The van der Waals surface area contributed by atoms with E-state index in [0.29, 0.717) is 6.42 Å². The number of halogens is 4. The van der Waals surface area contributed by atoms with Crippen LogP contribution in [0.25, 0.3) is 0 Å². The van der Waals surface area contributed by atoms with Crippen molar-refractivity contribution in [3.63, 3.8) is 0 Å². The van der Waals surface area contributed by atoms with Crippen LogP contribution in [-0.2, 0) is 4.79 Å². The Morgan fingerprint density at radius 1 is 1.48 bits per heavy atom. The first-order chi connectivity index (χ1) is 13.7. The van der Waals surface area contributed by atoms with E-state index in [-0.39, 0.29) is 33.5 Å². The van der Waals surface area contributed by atoms with E-state index >= 15 is 0 Å². The molecular weight excluding hydrogens is 431 g/mol. The highest BCUT2D eigenvalue weighted by atomic mass is 35.5. The van der Waals surface area contributed by atoms with Crippen molar-refractivity contribution in [1.82, 2.24) is 5.32 Å². The summed E-state index contributed by atoms with van der Waals surface area (Å²) >= 11 is 12.4. The average Bonchev–Trinajstić information content (AvgIpc) is 2.66. The number of aliphatic imine (C=N–C) groups is 1. The van der Waals surface area contributed by atoms with Gasteiger partial charge in [0, 0.05) is 13.3 Å². The molecule has 1 unspecified atom stereocenters. The predicted molar refractivity (Wildman–Crippen MR) is 106 cm³/mol. The summed E-state index contributed by atoms with van der Waals surface area (Å²) in [5.41, 5.74) is 0.0766. The van der Waals surface area contributed by atoms with Gasteiger partial charge < -0.3 is 20.1 Å². The molecule has 29 heavy (non-hydrogen) atoms. The van der Waals surface area contributed by atoms with Gasteiger partial charge in [-0.15, -0.1) is 11.6 Å². The highest BCUT2D eigenvalue weighted by Gasteiger charge is 2.32. The molecule has 2 N–H and O–H groups in total. The highest BCUT2D eigenvalue weighted by Crippen LogP contribution is 2.42. The number of allylic oxidation sites excluding steroid dienone is 2. The summed E-state index contributed by atoms with van der Waals surface area (Å²) in [6.07, 6.45) is 0.824. The van der Waals surface area contributed by atoms with E-state index in [9.17, 15) is 18.4 Å². The van der Waals surface area contributed by atoms with E-state index in [1.807, 2.05) is 0 Å². The second-order valence-electron chi connectivity index (χ2n) is 5.92. The molecule has 0 saturated carbocycles. The minimum Gasteiger partial charge on any atom is -0.475 e. The molecule has 1 aliphatic rings. The Hall–Kier alpha value is -2.39. The molecule has 0 saturated heterocycles. The Morgan fingerprint density at radius 3 is 2.76 bits per heavy atom. The summed E-state index contributed by atoms with van der Waals surface area (Å²) in [4.78, 5) is 28.7. The second-order valence-corrected chi connectivity index (χ2v) is 6.86. The minimum absolute atomic E-state index is 0.0442. The van der Waals surface area contributed by atoms with Crippen LogP contribution in [-0.4, -0.2) is 43.2 Å². The molecule has 1 aliphatic heterocycles. The van der Waals surface area contributed by atoms with Crippen LogP contribution in [0.1, 0.15) is 30.6 Å². The fourth-order valence-electron chi connectivity index (χ4n) is 2.50. The van der Waals surface area contributed by atoms with Gasteiger partial charge in [0.05, 0.1) is 21.7 Å². The van der Waals surface area contributed by atoms with Crippen LogP contribution in [0.15, 0.2) is 27.9 Å². The summed E-state index contributed by atoms with van der Waals surface area (Å²) in [5.74, 6) is -1.71. The van der Waals surface area contributed by atoms with Crippen LogP contribution >= 0.6 is 23.2 Å². The van der Waals surface area contributed by atoms with Gasteiger partial charge in [-0.3, -0.25) is 14.6 Å². The van der Waals surface area contributed by atoms with Crippen LogP contribution in [0.3, 0.4) is 0 Å². The molecule has 2 amide bonds. The van der Waals surface area contributed by atoms with Gasteiger partial charge in [-0.25, -0.2) is 0 Å². The Bertz CT molecular complexity index is 862. The topological polar surface area (TPSA) is 89.0 Å². The maximum Gasteiger partial charge on any atom is 0.387 e. The molecule has 0 aliphatic carbocycles. The molecule has 158 valence electrons. The largest absolute Gasteiger partial charge is 0.475 e. The Labute approximate surface area is 176 Å². The van der Waals surface area contributed by atoms with Gasteiger partial charge in [0.15, 0.2) is 17.6 Å². The number of hydrogen-bond acceptors (Lipinski definition) is 5. The summed E-state index contributed by atoms with van der Waals surface area (Å²) in [5, 5.41) is 4.59. The lowest BCUT2D eigenvalue weighted by Gasteiger charge is -2.27. The predicted octanol–water partition coefficient (Wildman–Crippen LogP) is 3.91. The number of alkyl halides is 3. The number of carbonyl (C=O) groups is 2. The van der Waals surface area contributed by atoms with Gasteiger partial charge in [-0.05, 0) is 25.5 Å². The lowest BCUT2D eigenvalue weighted by atomic mass is 10.1. The summed E-state index contributed by atoms with van der Waals surface area (Å²) < 4.78 is 35.2. The Kier molecular flexibility index (Phi) is 7.80. The van der Waals surface area contributed by atoms with Crippen molar-refractivity contribution < 1.29 is 27.8 Å². The lowest BCUT2D eigenvalue weighted by Crippen LogP contribution is -2.37. The van der Waals surface area contributed by atoms with Crippen molar-refractivity contribution in [1.29, 1.82) is 0 Å². The molecular formula is C18H19Cl2F2N3O4. The number of anilines is 1. The normalized spacial score (nSPS) is 17.9. The average molecular weight is 450 g/mol. The quantitative estimate of drug-likeness (QED) is 0.487. The van der Waals surface area contributed by atoms with E-state index in [4.69, 9.17) is 27.9 Å². The minimum atomic E-state index is -3.11. The summed E-state index contributed by atoms with van der Waals surface area (Å²) in [6.45, 7) is 0.116. The zero-order valence-electron chi connectivity index (χ0n) is 15.8. The molecule has 0 fully saturated rings. The maximum atomic E-state index is 12.9. The molecule has 1 aromatic rings. The number of benzene rings is 1. The first-order valence-electron chi connectivity index (χ1n) is 8.56. The molecule has 0 aromatic heterocycles. The van der Waals surface area contributed by atoms with Crippen molar-refractivity contribution in [3.05, 3.63) is 28.4 Å². The first-order valence-corrected chi connectivity index (χ1v) is 9.37. The number of nitrogens with zero attached hydrogens (tertiary/aromatic N) is 1. The van der Waals surface area contributed by atoms with Crippen molar-refractivity contribution >= 4 is 46.9 Å². The van der Waals surface area contributed by atoms with Crippen molar-refractivity contribution in [2.75, 3.05) is 12.4 Å². The smallest absolute Gasteiger partial charge is 0.387 e. The van der Waals surface area contributed by atoms with Gasteiger partial charge in [0.25, 0.3) is 11.8 Å². The van der Waals surface area contributed by atoms with Gasteiger partial charge in [0.2, 0.25) is 0 Å². The van der Waals surface area contributed by atoms with E-state index in [2.05, 4.69) is 20.4 Å². The number of carbonyl (C=O) groups excluding carboxylic acids is 2. The fourth-order valence-corrected chi connectivity index (χ4v) is 3.01. The fraction of sp³-hybridized carbons (Fsp3) is 0.389. The van der Waals surface area contributed by atoms with Crippen molar-refractivity contribution in [2.24, 2.45) is 4.99 Å². The Morgan fingerprint density at radius 2 is 2.17 bits per heavy atom. The van der Waals surface area contributed by atoms with Crippen LogP contribution in [0.2, 0.25) is 0 Å². The van der Waals surface area contributed by atoms with Crippen LogP contribution in [0.5, 0.6) is 11.5 Å². The van der Waals surface area contributed by atoms with Crippen LogP contribution in [0, 0.1) is 0 Å². The van der Waals surface area contributed by atoms with Crippen LogP contribution in [0.4, 0.5) is 14.5 Å². The maximum absolute atomic E-state index is 12.9. The molecule has 2 atom stereocenters. The zero-order valence-corrected chi connectivity index (χ0v) is 17.3. The molecule has 0 radical (unpaired) electrons. The molecule has 2 rings (SSSR count). The third kappa shape index (κ3) is 5.36. The molecule has 0 bridgehead atoms. The third-order valence-corrected chi connectivity index (χ3v) is 4.74. The molecule has 7 nitrogen and oxygen atoms in total. The summed E-state index contributed by atoms with van der Waals surface area (Å²) in [6, 6.07) is 2.38. The van der Waals surface area contributed by atoms with Crippen molar-refractivity contribution in [3.8, 4) is 11.5 Å². The third-order valence-electron chi connectivity index (χ3n) is 3.91. The van der Waals surface area contributed by atoms with E-state index < -0.39 is 29.9 Å². The van der Waals surface area contributed by atoms with Crippen molar-refractivity contribution in [2.45, 2.75) is 38.4 Å². The highest BCUT2D eigenvalue weighted by molar-refractivity contribution is 6.40. The number of hydrogen-bond donors (Lipinski definition) is 2. The molecule has 1 aromatic carbocycles. The number of fused-ring (bicyclic) bond motifs is 1. The van der Waals surface area contributed by atoms with E-state index in [0.717, 1.165) is 6.07 Å². The van der Waals surface area contributed by atoms with E-state index in [1.54, 1.807) is 6.92 Å². The first kappa shape index (κ1) is 22.9. The van der Waals surface area contributed by atoms with E-state index in [1.165, 1.54) is 26.3 Å². The second kappa shape index (κ2) is 9.89. The number of amides is 2. The molecule has 11 heteroatoms. The number of ether oxygens (including phenoxy) is 2.